The molecule has 1 amide bonds. The second-order valence-electron chi connectivity index (χ2n) is 3.44. The molecule has 0 aliphatic rings. The number of pyridine rings is 1. The first-order valence-electron chi connectivity index (χ1n) is 4.96. The van der Waals surface area contributed by atoms with E-state index in [1.165, 1.54) is 6.07 Å². The summed E-state index contributed by atoms with van der Waals surface area (Å²) in [5.41, 5.74) is 4.26. The van der Waals surface area contributed by atoms with Gasteiger partial charge in [0.1, 0.15) is 6.20 Å². The van der Waals surface area contributed by atoms with Crippen LogP contribution in [-0.4, -0.2) is 19.0 Å². The number of rotatable bonds is 4. The largest absolute Gasteiger partial charge is 0.419 e. The molecule has 1 rings (SSSR count). The number of nitrogens with zero attached hydrogens (tertiary/aromatic N) is 1. The molecule has 0 fully saturated rings. The van der Waals surface area contributed by atoms with Crippen LogP contribution in [0.15, 0.2) is 18.3 Å². The van der Waals surface area contributed by atoms with Gasteiger partial charge >= 0.3 is 6.18 Å². The van der Waals surface area contributed by atoms with E-state index in [9.17, 15) is 18.0 Å². The van der Waals surface area contributed by atoms with Crippen molar-refractivity contribution in [2.45, 2.75) is 13.1 Å². The predicted octanol–water partition coefficient (Wildman–Crippen LogP) is 0.831. The number of nitrogens with one attached hydrogen (secondary N) is 1. The Labute approximate surface area is 96.2 Å². The number of hydrogen-bond donors (Lipinski definition) is 1. The van der Waals surface area contributed by atoms with E-state index in [1.807, 2.05) is 0 Å². The van der Waals surface area contributed by atoms with Crippen molar-refractivity contribution in [3.63, 3.8) is 0 Å². The number of primary amides is 1. The molecule has 0 saturated heterocycles. The van der Waals surface area contributed by atoms with Crippen molar-refractivity contribution in [3.05, 3.63) is 23.9 Å². The Balaban J connectivity index is 2.89. The molecular formula is C10H13F3N3O+. The molecule has 1 aromatic heterocycles. The predicted molar refractivity (Wildman–Crippen MR) is 55.1 cm³/mol. The van der Waals surface area contributed by atoms with E-state index in [0.29, 0.717) is 12.4 Å². The molecule has 0 aliphatic carbocycles. The van der Waals surface area contributed by atoms with Gasteiger partial charge in [0.15, 0.2) is 6.54 Å². The number of alkyl halides is 3. The lowest BCUT2D eigenvalue weighted by Gasteiger charge is -2.13. The normalized spacial score (nSPS) is 11.3. The van der Waals surface area contributed by atoms with E-state index in [2.05, 4.69) is 4.98 Å². The Morgan fingerprint density at radius 1 is 1.47 bits per heavy atom. The van der Waals surface area contributed by atoms with E-state index < -0.39 is 17.6 Å². The number of nitrogens with two attached hydrogens (primary N) is 1. The molecular weight excluding hydrogens is 235 g/mol. The average Bonchev–Trinajstić information content (AvgIpc) is 2.24. The van der Waals surface area contributed by atoms with Crippen LogP contribution in [0, 0.1) is 0 Å². The van der Waals surface area contributed by atoms with Gasteiger partial charge in [0.2, 0.25) is 0 Å². The van der Waals surface area contributed by atoms with Crippen molar-refractivity contribution in [2.75, 3.05) is 18.0 Å². The minimum Gasteiger partial charge on any atom is -0.366 e. The SMILES string of the molecule is CCN(CC(N)=O)c1ccc(C(F)(F)F)c[nH+]1. The smallest absolute Gasteiger partial charge is 0.366 e. The van der Waals surface area contributed by atoms with Gasteiger partial charge in [-0.3, -0.25) is 9.69 Å². The molecule has 0 radical (unpaired) electrons. The third kappa shape index (κ3) is 3.61. The molecule has 0 bridgehead atoms. The van der Waals surface area contributed by atoms with E-state index in [-0.39, 0.29) is 6.54 Å². The quantitative estimate of drug-likeness (QED) is 0.858. The Bertz CT molecular complexity index is 389. The first-order chi connectivity index (χ1) is 7.84. The maximum atomic E-state index is 12.3. The lowest BCUT2D eigenvalue weighted by molar-refractivity contribution is -0.367. The molecule has 0 atom stereocenters. The molecule has 4 nitrogen and oxygen atoms in total. The summed E-state index contributed by atoms with van der Waals surface area (Å²) < 4.78 is 36.9. The van der Waals surface area contributed by atoms with Crippen LogP contribution in [0.3, 0.4) is 0 Å². The molecule has 0 saturated carbocycles. The van der Waals surface area contributed by atoms with Crippen molar-refractivity contribution in [1.82, 2.24) is 0 Å². The fourth-order valence-electron chi connectivity index (χ4n) is 1.35. The number of carbonyl (C=O) groups excluding carboxylic acids is 1. The third-order valence-corrected chi connectivity index (χ3v) is 2.19. The zero-order valence-electron chi connectivity index (χ0n) is 9.21. The summed E-state index contributed by atoms with van der Waals surface area (Å²) in [5, 5.41) is 0. The molecule has 1 aromatic rings. The number of aromatic amines is 1. The lowest BCUT2D eigenvalue weighted by Crippen LogP contribution is -2.37. The van der Waals surface area contributed by atoms with Crippen LogP contribution in [0.1, 0.15) is 12.5 Å². The minimum atomic E-state index is -4.38. The number of amides is 1. The summed E-state index contributed by atoms with van der Waals surface area (Å²) in [5.74, 6) is -0.126. The highest BCUT2D eigenvalue weighted by molar-refractivity contribution is 5.78. The first-order valence-corrected chi connectivity index (χ1v) is 4.96. The monoisotopic (exact) mass is 248 g/mol. The van der Waals surface area contributed by atoms with Crippen LogP contribution < -0.4 is 15.6 Å². The second-order valence-corrected chi connectivity index (χ2v) is 3.44. The topological polar surface area (TPSA) is 60.5 Å². The highest BCUT2D eigenvalue weighted by Gasteiger charge is 2.32. The second kappa shape index (κ2) is 5.03. The first kappa shape index (κ1) is 13.3. The zero-order chi connectivity index (χ0) is 13.1. The molecule has 0 spiro atoms. The van der Waals surface area contributed by atoms with Crippen LogP contribution in [-0.2, 0) is 11.0 Å². The van der Waals surface area contributed by atoms with Crippen molar-refractivity contribution in [2.24, 2.45) is 5.73 Å². The van der Waals surface area contributed by atoms with Gasteiger partial charge in [-0.25, -0.2) is 4.98 Å². The minimum absolute atomic E-state index is 0.0433. The zero-order valence-corrected chi connectivity index (χ0v) is 9.21. The van der Waals surface area contributed by atoms with Crippen LogP contribution in [0.25, 0.3) is 0 Å². The van der Waals surface area contributed by atoms with Crippen LogP contribution in [0.2, 0.25) is 0 Å². The molecule has 0 aliphatic heterocycles. The van der Waals surface area contributed by atoms with E-state index >= 15 is 0 Å². The van der Waals surface area contributed by atoms with Crippen LogP contribution in [0.5, 0.6) is 0 Å². The van der Waals surface area contributed by atoms with Gasteiger partial charge in [0.25, 0.3) is 11.7 Å². The van der Waals surface area contributed by atoms with E-state index in [1.54, 1.807) is 11.8 Å². The van der Waals surface area contributed by atoms with Crippen molar-refractivity contribution in [3.8, 4) is 0 Å². The molecule has 3 N–H and O–H groups in total. The third-order valence-electron chi connectivity index (χ3n) is 2.19. The van der Waals surface area contributed by atoms with Crippen LogP contribution >= 0.6 is 0 Å². The van der Waals surface area contributed by atoms with Crippen molar-refractivity contribution >= 4 is 11.7 Å². The van der Waals surface area contributed by atoms with Gasteiger partial charge < -0.3 is 5.73 Å². The Morgan fingerprint density at radius 2 is 2.12 bits per heavy atom. The molecule has 7 heteroatoms. The summed E-state index contributed by atoms with van der Waals surface area (Å²) in [4.78, 5) is 14.8. The molecule has 94 valence electrons. The average molecular weight is 248 g/mol. The van der Waals surface area contributed by atoms with Gasteiger partial charge in [-0.05, 0) is 13.0 Å². The summed E-state index contributed by atoms with van der Waals surface area (Å²) >= 11 is 0. The number of likely N-dealkylation sites (N-methyl/N-ethyl adjacent to an activating group) is 1. The summed E-state index contributed by atoms with van der Waals surface area (Å²) in [6.07, 6.45) is -3.52. The molecule has 0 aromatic carbocycles. The molecule has 0 unspecified atom stereocenters. The fraction of sp³-hybridized carbons (Fsp3) is 0.400. The van der Waals surface area contributed by atoms with Gasteiger partial charge in [-0.1, -0.05) is 0 Å². The number of aromatic nitrogens is 1. The van der Waals surface area contributed by atoms with E-state index in [0.717, 1.165) is 12.3 Å². The van der Waals surface area contributed by atoms with Gasteiger partial charge in [-0.2, -0.15) is 13.2 Å². The van der Waals surface area contributed by atoms with Gasteiger partial charge in [-0.15, -0.1) is 0 Å². The fourth-order valence-corrected chi connectivity index (χ4v) is 1.35. The van der Waals surface area contributed by atoms with Crippen molar-refractivity contribution < 1.29 is 22.9 Å². The number of hydrogen-bond acceptors (Lipinski definition) is 2. The van der Waals surface area contributed by atoms with Gasteiger partial charge in [0.05, 0.1) is 12.1 Å². The van der Waals surface area contributed by atoms with Gasteiger partial charge in [0, 0.05) is 6.07 Å². The Kier molecular flexibility index (Phi) is 3.93. The number of carbonyl (C=O) groups is 1. The standard InChI is InChI=1S/C10H12F3N3O/c1-2-16(6-8(14)17)9-4-3-7(5-15-9)10(11,12)13/h3-5H,2,6H2,1H3,(H2,14,17)/p+1. The summed E-state index contributed by atoms with van der Waals surface area (Å²) in [6.45, 7) is 2.19. The highest BCUT2D eigenvalue weighted by Crippen LogP contribution is 2.28. The number of anilines is 1. The maximum absolute atomic E-state index is 12.3. The number of halogens is 3. The summed E-state index contributed by atoms with van der Waals surface area (Å²) in [7, 11) is 0. The van der Waals surface area contributed by atoms with E-state index in [4.69, 9.17) is 5.73 Å². The summed E-state index contributed by atoms with van der Waals surface area (Å²) in [6, 6.07) is 2.23. The molecule has 1 heterocycles. The lowest BCUT2D eigenvalue weighted by atomic mass is 10.2. The van der Waals surface area contributed by atoms with Crippen LogP contribution in [0.4, 0.5) is 19.0 Å². The Morgan fingerprint density at radius 3 is 2.47 bits per heavy atom. The maximum Gasteiger partial charge on any atom is 0.419 e. The Hall–Kier alpha value is -1.79. The van der Waals surface area contributed by atoms with Crippen molar-refractivity contribution in [1.29, 1.82) is 0 Å². The highest BCUT2D eigenvalue weighted by atomic mass is 19.4. The number of H-pyrrole nitrogens is 1. The molecule has 17 heavy (non-hydrogen) atoms.